The van der Waals surface area contributed by atoms with Crippen molar-refractivity contribution in [3.05, 3.63) is 60.2 Å². The monoisotopic (exact) mass is 366 g/mol. The second kappa shape index (κ2) is 9.69. The van der Waals surface area contributed by atoms with Gasteiger partial charge >= 0.3 is 0 Å². The molecule has 0 spiro atoms. The highest BCUT2D eigenvalue weighted by atomic mass is 32.2. The Balaban J connectivity index is 2.16. The number of methoxy groups -OCH3 is 1. The van der Waals surface area contributed by atoms with E-state index >= 15 is 0 Å². The van der Waals surface area contributed by atoms with Crippen molar-refractivity contribution in [3.63, 3.8) is 0 Å². The molecule has 2 rings (SSSR count). The van der Waals surface area contributed by atoms with Crippen LogP contribution in [0, 0.1) is 11.3 Å². The van der Waals surface area contributed by atoms with Gasteiger partial charge in [-0.1, -0.05) is 37.3 Å². The second-order valence-corrected chi connectivity index (χ2v) is 7.28. The number of hydrogen-bond acceptors (Lipinski definition) is 4. The number of rotatable bonds is 7. The van der Waals surface area contributed by atoms with Gasteiger partial charge < -0.3 is 10.1 Å². The molecular weight excluding hydrogens is 344 g/mol. The van der Waals surface area contributed by atoms with Crippen LogP contribution in [0.1, 0.15) is 25.8 Å². The fourth-order valence-electron chi connectivity index (χ4n) is 2.47. The minimum atomic E-state index is -0.200. The number of hydrogen-bond donors (Lipinski definition) is 1. The molecule has 0 radical (unpaired) electrons. The highest BCUT2D eigenvalue weighted by Crippen LogP contribution is 2.32. The first-order chi connectivity index (χ1) is 12.5. The van der Waals surface area contributed by atoms with Crippen molar-refractivity contribution < 1.29 is 9.53 Å². The molecule has 4 nitrogen and oxygen atoms in total. The first-order valence-electron chi connectivity index (χ1n) is 8.30. The molecule has 0 saturated carbocycles. The fraction of sp³-hybridized carbons (Fsp3) is 0.238. The highest BCUT2D eigenvalue weighted by Gasteiger charge is 2.11. The summed E-state index contributed by atoms with van der Waals surface area (Å²) in [6.07, 6.45) is 2.03. The third kappa shape index (κ3) is 5.40. The molecule has 1 unspecified atom stereocenters. The lowest BCUT2D eigenvalue weighted by Gasteiger charge is -2.13. The summed E-state index contributed by atoms with van der Waals surface area (Å²) in [4.78, 5) is 13.4. The minimum Gasteiger partial charge on any atom is -0.496 e. The number of para-hydroxylation sites is 2. The van der Waals surface area contributed by atoms with Crippen LogP contribution >= 0.6 is 11.8 Å². The molecule has 0 aliphatic rings. The van der Waals surface area contributed by atoms with E-state index in [1.54, 1.807) is 24.9 Å². The van der Waals surface area contributed by atoms with Gasteiger partial charge in [0.05, 0.1) is 18.9 Å². The minimum absolute atomic E-state index is 0.156. The molecule has 26 heavy (non-hydrogen) atoms. The molecule has 1 N–H and O–H groups in total. The third-order valence-corrected chi connectivity index (χ3v) is 4.91. The van der Waals surface area contributed by atoms with Gasteiger partial charge in [-0.05, 0) is 30.7 Å². The van der Waals surface area contributed by atoms with E-state index in [9.17, 15) is 4.79 Å². The van der Waals surface area contributed by atoms with E-state index in [2.05, 4.69) is 11.4 Å². The molecule has 0 fully saturated rings. The number of thioether (sulfide) groups is 1. The average Bonchev–Trinajstić information content (AvgIpc) is 2.63. The number of nitrogens with zero attached hydrogens (tertiary/aromatic N) is 1. The smallest absolute Gasteiger partial charge is 0.248 e. The van der Waals surface area contributed by atoms with E-state index in [0.29, 0.717) is 6.42 Å². The van der Waals surface area contributed by atoms with Gasteiger partial charge in [0.15, 0.2) is 0 Å². The Morgan fingerprint density at radius 3 is 2.69 bits per heavy atom. The number of carbonyl (C=O) groups is 1. The normalized spacial score (nSPS) is 12.2. The van der Waals surface area contributed by atoms with Crippen LogP contribution in [-0.4, -0.2) is 18.3 Å². The maximum absolute atomic E-state index is 12.5. The van der Waals surface area contributed by atoms with Crippen molar-refractivity contribution in [1.29, 1.82) is 5.26 Å². The summed E-state index contributed by atoms with van der Waals surface area (Å²) in [5.41, 5.74) is 2.45. The van der Waals surface area contributed by atoms with Crippen LogP contribution in [0.5, 0.6) is 5.75 Å². The number of anilines is 1. The topological polar surface area (TPSA) is 62.1 Å². The Labute approximate surface area is 158 Å². The zero-order valence-electron chi connectivity index (χ0n) is 15.2. The Morgan fingerprint density at radius 1 is 1.27 bits per heavy atom. The molecule has 134 valence electrons. The standard InChI is InChI=1S/C21H22N2O2S/c1-15(17-8-4-6-10-19(17)25-3)14-21(24)23-18-9-5-7-11-20(18)26-16(2)12-13-22/h4-11,14,16H,12H2,1-3H3,(H,23,24). The Bertz CT molecular complexity index is 840. The maximum Gasteiger partial charge on any atom is 0.248 e. The second-order valence-electron chi connectivity index (χ2n) is 5.80. The van der Waals surface area contributed by atoms with Gasteiger partial charge in [0, 0.05) is 28.2 Å². The molecule has 0 bridgehead atoms. The highest BCUT2D eigenvalue weighted by molar-refractivity contribution is 8.00. The number of carbonyl (C=O) groups excluding carboxylic acids is 1. The van der Waals surface area contributed by atoms with Crippen LogP contribution in [0.15, 0.2) is 59.5 Å². The van der Waals surface area contributed by atoms with Crippen LogP contribution in [0.3, 0.4) is 0 Å². The first-order valence-corrected chi connectivity index (χ1v) is 9.18. The Hall–Kier alpha value is -2.71. The average molecular weight is 366 g/mol. The lowest BCUT2D eigenvalue weighted by molar-refractivity contribution is -0.111. The van der Waals surface area contributed by atoms with Crippen molar-refractivity contribution in [3.8, 4) is 11.8 Å². The lowest BCUT2D eigenvalue weighted by atomic mass is 10.1. The Kier molecular flexibility index (Phi) is 7.31. The van der Waals surface area contributed by atoms with E-state index in [1.807, 2.05) is 62.4 Å². The maximum atomic E-state index is 12.5. The van der Waals surface area contributed by atoms with E-state index in [0.717, 1.165) is 27.5 Å². The van der Waals surface area contributed by atoms with Gasteiger partial charge in [-0.25, -0.2) is 0 Å². The molecular formula is C21H22N2O2S. The summed E-state index contributed by atoms with van der Waals surface area (Å²) in [6, 6.07) is 17.4. The number of nitriles is 1. The molecule has 2 aromatic rings. The molecule has 2 aromatic carbocycles. The van der Waals surface area contributed by atoms with Crippen molar-refractivity contribution in [2.75, 3.05) is 12.4 Å². The summed E-state index contributed by atoms with van der Waals surface area (Å²) in [7, 11) is 1.61. The summed E-state index contributed by atoms with van der Waals surface area (Å²) in [5.74, 6) is 0.532. The molecule has 0 aliphatic heterocycles. The van der Waals surface area contributed by atoms with Crippen LogP contribution in [0.25, 0.3) is 5.57 Å². The summed E-state index contributed by atoms with van der Waals surface area (Å²) in [6.45, 7) is 3.88. The molecule has 0 heterocycles. The van der Waals surface area contributed by atoms with Crippen molar-refractivity contribution in [2.24, 2.45) is 0 Å². The van der Waals surface area contributed by atoms with Crippen LogP contribution < -0.4 is 10.1 Å². The number of allylic oxidation sites excluding steroid dienone is 1. The van der Waals surface area contributed by atoms with Gasteiger partial charge in [-0.15, -0.1) is 11.8 Å². The summed E-state index contributed by atoms with van der Waals surface area (Å²) >= 11 is 1.58. The quantitative estimate of drug-likeness (QED) is 0.545. The Morgan fingerprint density at radius 2 is 1.96 bits per heavy atom. The zero-order valence-corrected chi connectivity index (χ0v) is 16.0. The predicted molar refractivity (Wildman–Crippen MR) is 107 cm³/mol. The van der Waals surface area contributed by atoms with Gasteiger partial charge in [0.2, 0.25) is 5.91 Å². The van der Waals surface area contributed by atoms with Crippen LogP contribution in [-0.2, 0) is 4.79 Å². The van der Waals surface area contributed by atoms with E-state index < -0.39 is 0 Å². The van der Waals surface area contributed by atoms with Crippen molar-refractivity contribution in [2.45, 2.75) is 30.4 Å². The SMILES string of the molecule is COc1ccccc1C(C)=CC(=O)Nc1ccccc1SC(C)CC#N. The first kappa shape index (κ1) is 19.6. The van der Waals surface area contributed by atoms with Crippen LogP contribution in [0.4, 0.5) is 5.69 Å². The molecule has 1 atom stereocenters. The largest absolute Gasteiger partial charge is 0.496 e. The van der Waals surface area contributed by atoms with E-state index in [4.69, 9.17) is 10.00 Å². The number of nitrogens with one attached hydrogen (secondary N) is 1. The van der Waals surface area contributed by atoms with Crippen LogP contribution in [0.2, 0.25) is 0 Å². The third-order valence-electron chi connectivity index (χ3n) is 3.73. The van der Waals surface area contributed by atoms with Gasteiger partial charge in [-0.2, -0.15) is 5.26 Å². The summed E-state index contributed by atoms with van der Waals surface area (Å²) < 4.78 is 5.35. The molecule has 0 aliphatic carbocycles. The zero-order chi connectivity index (χ0) is 18.9. The lowest BCUT2D eigenvalue weighted by Crippen LogP contribution is -2.10. The van der Waals surface area contributed by atoms with Crippen molar-refractivity contribution in [1.82, 2.24) is 0 Å². The molecule has 1 amide bonds. The van der Waals surface area contributed by atoms with E-state index in [1.165, 1.54) is 0 Å². The molecule has 0 saturated heterocycles. The molecule has 5 heteroatoms. The van der Waals surface area contributed by atoms with Gasteiger partial charge in [0.25, 0.3) is 0 Å². The number of amides is 1. The summed E-state index contributed by atoms with van der Waals surface area (Å²) in [5, 5.41) is 11.9. The van der Waals surface area contributed by atoms with E-state index in [-0.39, 0.29) is 11.2 Å². The van der Waals surface area contributed by atoms with Gasteiger partial charge in [0.1, 0.15) is 5.75 Å². The number of ether oxygens (including phenoxy) is 1. The fourth-order valence-corrected chi connectivity index (χ4v) is 3.47. The number of benzene rings is 2. The van der Waals surface area contributed by atoms with Gasteiger partial charge in [-0.3, -0.25) is 4.79 Å². The predicted octanol–water partition coefficient (Wildman–Crippen LogP) is 5.13. The van der Waals surface area contributed by atoms with Crippen molar-refractivity contribution >= 4 is 28.9 Å². The molecule has 0 aromatic heterocycles.